The molecule has 0 heterocycles. The summed E-state index contributed by atoms with van der Waals surface area (Å²) in [5.41, 5.74) is 2.37. The zero-order valence-corrected chi connectivity index (χ0v) is 11.5. The van der Waals surface area contributed by atoms with Gasteiger partial charge in [-0.3, -0.25) is 0 Å². The van der Waals surface area contributed by atoms with Crippen molar-refractivity contribution in [2.24, 2.45) is 0 Å². The average Bonchev–Trinajstić information content (AvgIpc) is 2.48. The average molecular weight is 283 g/mol. The van der Waals surface area contributed by atoms with E-state index in [-0.39, 0.29) is 11.8 Å². The molecule has 2 aromatic rings. The molecule has 0 aliphatic rings. The van der Waals surface area contributed by atoms with Gasteiger partial charge in [0, 0.05) is 12.2 Å². The van der Waals surface area contributed by atoms with Crippen LogP contribution in [0.15, 0.2) is 42.5 Å². The minimum atomic E-state index is -0.382. The van der Waals surface area contributed by atoms with Gasteiger partial charge in [-0.15, -0.1) is 0 Å². The van der Waals surface area contributed by atoms with E-state index in [1.54, 1.807) is 43.3 Å². The van der Waals surface area contributed by atoms with Crippen LogP contribution in [-0.2, 0) is 6.54 Å². The van der Waals surface area contributed by atoms with Gasteiger partial charge in [-0.2, -0.15) is 5.26 Å². The van der Waals surface area contributed by atoms with Crippen LogP contribution in [0.3, 0.4) is 0 Å². The maximum Gasteiger partial charge on any atom is 0.319 e. The van der Waals surface area contributed by atoms with E-state index in [9.17, 15) is 9.18 Å². The second-order valence-corrected chi connectivity index (χ2v) is 4.58. The second-order valence-electron chi connectivity index (χ2n) is 4.58. The second kappa shape index (κ2) is 6.53. The topological polar surface area (TPSA) is 64.9 Å². The van der Waals surface area contributed by atoms with Gasteiger partial charge in [0.15, 0.2) is 0 Å². The lowest BCUT2D eigenvalue weighted by Gasteiger charge is -2.08. The number of hydrogen-bond donors (Lipinski definition) is 2. The molecule has 5 heteroatoms. The Bertz CT molecular complexity index is 707. The number of nitriles is 1. The largest absolute Gasteiger partial charge is 0.334 e. The molecular formula is C16H14FN3O. The molecule has 0 unspecified atom stereocenters. The molecule has 0 saturated heterocycles. The third-order valence-corrected chi connectivity index (χ3v) is 2.92. The highest BCUT2D eigenvalue weighted by molar-refractivity contribution is 5.89. The molecular weight excluding hydrogens is 269 g/mol. The van der Waals surface area contributed by atoms with Crippen LogP contribution in [-0.4, -0.2) is 6.03 Å². The van der Waals surface area contributed by atoms with E-state index in [1.807, 2.05) is 6.07 Å². The van der Waals surface area contributed by atoms with E-state index in [2.05, 4.69) is 10.6 Å². The van der Waals surface area contributed by atoms with Crippen LogP contribution in [0.2, 0.25) is 0 Å². The number of anilines is 1. The molecule has 0 atom stereocenters. The first-order valence-corrected chi connectivity index (χ1v) is 6.38. The summed E-state index contributed by atoms with van der Waals surface area (Å²) >= 11 is 0. The molecule has 0 aromatic heterocycles. The van der Waals surface area contributed by atoms with Crippen molar-refractivity contribution >= 4 is 11.7 Å². The molecule has 2 amide bonds. The number of halogens is 1. The van der Waals surface area contributed by atoms with Gasteiger partial charge in [0.1, 0.15) is 5.82 Å². The van der Waals surface area contributed by atoms with Gasteiger partial charge in [0.05, 0.1) is 11.6 Å². The van der Waals surface area contributed by atoms with Gasteiger partial charge in [-0.05, 0) is 42.3 Å². The molecule has 0 aliphatic carbocycles. The normalized spacial score (nSPS) is 9.76. The number of carbonyl (C=O) groups excluding carboxylic acids is 1. The number of rotatable bonds is 3. The molecule has 21 heavy (non-hydrogen) atoms. The lowest BCUT2D eigenvalue weighted by atomic mass is 10.1. The standard InChI is InChI=1S/C16H14FN3O/c1-11-7-13(5-6-15(11)17)10-19-16(21)20-14-4-2-3-12(8-14)9-18/h2-8H,10H2,1H3,(H2,19,20,21). The smallest absolute Gasteiger partial charge is 0.319 e. The van der Waals surface area contributed by atoms with Crippen molar-refractivity contribution in [1.29, 1.82) is 5.26 Å². The molecule has 0 saturated carbocycles. The first kappa shape index (κ1) is 14.5. The van der Waals surface area contributed by atoms with E-state index in [0.717, 1.165) is 5.56 Å². The highest BCUT2D eigenvalue weighted by Gasteiger charge is 2.04. The number of hydrogen-bond acceptors (Lipinski definition) is 2. The highest BCUT2D eigenvalue weighted by atomic mass is 19.1. The fraction of sp³-hybridized carbons (Fsp3) is 0.125. The van der Waals surface area contributed by atoms with E-state index < -0.39 is 0 Å². The van der Waals surface area contributed by atoms with Crippen LogP contribution in [0.5, 0.6) is 0 Å². The third-order valence-electron chi connectivity index (χ3n) is 2.92. The van der Waals surface area contributed by atoms with Gasteiger partial charge in [0.2, 0.25) is 0 Å². The fourth-order valence-corrected chi connectivity index (χ4v) is 1.84. The Morgan fingerprint density at radius 1 is 1.29 bits per heavy atom. The lowest BCUT2D eigenvalue weighted by Crippen LogP contribution is -2.28. The van der Waals surface area contributed by atoms with Crippen LogP contribution >= 0.6 is 0 Å². The van der Waals surface area contributed by atoms with Crippen LogP contribution in [0.25, 0.3) is 0 Å². The zero-order chi connectivity index (χ0) is 15.2. The quantitative estimate of drug-likeness (QED) is 0.907. The van der Waals surface area contributed by atoms with E-state index in [4.69, 9.17) is 5.26 Å². The first-order valence-electron chi connectivity index (χ1n) is 6.38. The number of carbonyl (C=O) groups is 1. The molecule has 0 fully saturated rings. The molecule has 2 aromatic carbocycles. The van der Waals surface area contributed by atoms with Crippen molar-refractivity contribution < 1.29 is 9.18 Å². The van der Waals surface area contributed by atoms with Crippen LogP contribution in [0, 0.1) is 24.1 Å². The maximum absolute atomic E-state index is 13.1. The van der Waals surface area contributed by atoms with Crippen molar-refractivity contribution in [3.8, 4) is 6.07 Å². The maximum atomic E-state index is 13.1. The number of nitrogens with zero attached hydrogens (tertiary/aromatic N) is 1. The first-order chi connectivity index (χ1) is 10.1. The van der Waals surface area contributed by atoms with Crippen LogP contribution < -0.4 is 10.6 Å². The summed E-state index contributed by atoms with van der Waals surface area (Å²) in [7, 11) is 0. The van der Waals surface area contributed by atoms with Crippen molar-refractivity contribution in [3.05, 3.63) is 65.0 Å². The summed E-state index contributed by atoms with van der Waals surface area (Å²) in [5, 5.41) is 14.1. The monoisotopic (exact) mass is 283 g/mol. The summed E-state index contributed by atoms with van der Waals surface area (Å²) in [6.07, 6.45) is 0. The SMILES string of the molecule is Cc1cc(CNC(=O)Nc2cccc(C#N)c2)ccc1F. The predicted molar refractivity (Wildman–Crippen MR) is 78.2 cm³/mol. The van der Waals surface area contributed by atoms with Gasteiger partial charge in [0.25, 0.3) is 0 Å². The summed E-state index contributed by atoms with van der Waals surface area (Å²) in [6.45, 7) is 1.97. The molecule has 0 aliphatic heterocycles. The summed E-state index contributed by atoms with van der Waals surface area (Å²) in [5.74, 6) is -0.267. The zero-order valence-electron chi connectivity index (χ0n) is 11.5. The molecule has 2 N–H and O–H groups in total. The van der Waals surface area contributed by atoms with Crippen LogP contribution in [0.4, 0.5) is 14.9 Å². The van der Waals surface area contributed by atoms with Crippen molar-refractivity contribution in [3.63, 3.8) is 0 Å². The molecule has 0 spiro atoms. The Hall–Kier alpha value is -2.87. The third kappa shape index (κ3) is 4.05. The highest BCUT2D eigenvalue weighted by Crippen LogP contribution is 2.10. The lowest BCUT2D eigenvalue weighted by molar-refractivity contribution is 0.251. The Balaban J connectivity index is 1.92. The molecule has 106 valence electrons. The summed E-state index contributed by atoms with van der Waals surface area (Å²) in [4.78, 5) is 11.8. The number of benzene rings is 2. The van der Waals surface area contributed by atoms with Crippen LogP contribution in [0.1, 0.15) is 16.7 Å². The Morgan fingerprint density at radius 2 is 2.10 bits per heavy atom. The van der Waals surface area contributed by atoms with E-state index in [1.165, 1.54) is 6.07 Å². The molecule has 4 nitrogen and oxygen atoms in total. The fourth-order valence-electron chi connectivity index (χ4n) is 1.84. The van der Waals surface area contributed by atoms with Crippen molar-refractivity contribution in [1.82, 2.24) is 5.32 Å². The van der Waals surface area contributed by atoms with Gasteiger partial charge in [-0.25, -0.2) is 9.18 Å². The summed E-state index contributed by atoms with van der Waals surface area (Å²) < 4.78 is 13.1. The number of nitrogens with one attached hydrogen (secondary N) is 2. The molecule has 0 bridgehead atoms. The van der Waals surface area contributed by atoms with E-state index in [0.29, 0.717) is 23.4 Å². The summed E-state index contributed by atoms with van der Waals surface area (Å²) in [6, 6.07) is 12.9. The Morgan fingerprint density at radius 3 is 2.81 bits per heavy atom. The molecule has 2 rings (SSSR count). The molecule has 0 radical (unpaired) electrons. The Kier molecular flexibility index (Phi) is 4.52. The number of aryl methyl sites for hydroxylation is 1. The van der Waals surface area contributed by atoms with Crippen molar-refractivity contribution in [2.75, 3.05) is 5.32 Å². The van der Waals surface area contributed by atoms with E-state index >= 15 is 0 Å². The van der Waals surface area contributed by atoms with Gasteiger partial charge in [-0.1, -0.05) is 18.2 Å². The van der Waals surface area contributed by atoms with Gasteiger partial charge >= 0.3 is 6.03 Å². The predicted octanol–water partition coefficient (Wildman–Crippen LogP) is 3.33. The number of amides is 2. The van der Waals surface area contributed by atoms with Gasteiger partial charge < -0.3 is 10.6 Å². The minimum Gasteiger partial charge on any atom is -0.334 e. The van der Waals surface area contributed by atoms with Crippen molar-refractivity contribution in [2.45, 2.75) is 13.5 Å². The Labute approximate surface area is 122 Å². The minimum absolute atomic E-state index is 0.267. The number of urea groups is 1.